The number of ether oxygens (including phenoxy) is 1. The summed E-state index contributed by atoms with van der Waals surface area (Å²) in [6.07, 6.45) is 1.10. The molecule has 1 aliphatic carbocycles. The monoisotopic (exact) mass is 347 g/mol. The second-order valence-electron chi connectivity index (χ2n) is 7.00. The number of hydrogen-bond acceptors (Lipinski definition) is 5. The first kappa shape index (κ1) is 15.7. The van der Waals surface area contributed by atoms with E-state index >= 15 is 0 Å². The lowest BCUT2D eigenvalue weighted by atomic mass is 10.1. The maximum absolute atomic E-state index is 5.94. The standard InChI is InChI=1S/C21H21N3O2/c1-3-7-15(8-4-1)17-13-18(17)24-11-12-25-19(14-24)20-22-21(26-23-20)16-9-5-2-6-10-16/h1-10,17-19H,11-14H2/t17-,18-,19?/m0/s1. The van der Waals surface area contributed by atoms with Gasteiger partial charge in [-0.2, -0.15) is 4.98 Å². The van der Waals surface area contributed by atoms with Crippen LogP contribution >= 0.6 is 0 Å². The van der Waals surface area contributed by atoms with Gasteiger partial charge >= 0.3 is 0 Å². The molecule has 1 aliphatic heterocycles. The molecule has 1 unspecified atom stereocenters. The van der Waals surface area contributed by atoms with Gasteiger partial charge in [0.2, 0.25) is 5.82 Å². The summed E-state index contributed by atoms with van der Waals surface area (Å²) in [6.45, 7) is 2.49. The first-order valence-electron chi connectivity index (χ1n) is 9.18. The Morgan fingerprint density at radius 3 is 2.54 bits per heavy atom. The number of benzene rings is 2. The molecule has 3 aromatic rings. The van der Waals surface area contributed by atoms with Crippen LogP contribution in [0.2, 0.25) is 0 Å². The van der Waals surface area contributed by atoms with Gasteiger partial charge in [0.05, 0.1) is 6.61 Å². The highest BCUT2D eigenvalue weighted by atomic mass is 16.5. The molecule has 2 aromatic carbocycles. The largest absolute Gasteiger partial charge is 0.367 e. The summed E-state index contributed by atoms with van der Waals surface area (Å²) in [6, 6.07) is 21.2. The van der Waals surface area contributed by atoms with E-state index in [2.05, 4.69) is 45.4 Å². The van der Waals surface area contributed by atoms with Crippen LogP contribution in [0, 0.1) is 0 Å². The van der Waals surface area contributed by atoms with Crippen molar-refractivity contribution in [2.75, 3.05) is 19.7 Å². The van der Waals surface area contributed by atoms with Crippen LogP contribution in [0.25, 0.3) is 11.5 Å². The Balaban J connectivity index is 1.28. The lowest BCUT2D eigenvalue weighted by molar-refractivity contribution is -0.0387. The maximum atomic E-state index is 5.94. The molecular weight excluding hydrogens is 326 g/mol. The van der Waals surface area contributed by atoms with E-state index in [9.17, 15) is 0 Å². The van der Waals surface area contributed by atoms with Crippen molar-refractivity contribution >= 4 is 0 Å². The maximum Gasteiger partial charge on any atom is 0.258 e. The van der Waals surface area contributed by atoms with Gasteiger partial charge in [-0.3, -0.25) is 4.90 Å². The summed E-state index contributed by atoms with van der Waals surface area (Å²) in [5.41, 5.74) is 2.37. The van der Waals surface area contributed by atoms with E-state index in [0.717, 1.165) is 18.7 Å². The first-order valence-corrected chi connectivity index (χ1v) is 9.18. The molecule has 1 saturated heterocycles. The van der Waals surface area contributed by atoms with E-state index in [-0.39, 0.29) is 6.10 Å². The summed E-state index contributed by atoms with van der Waals surface area (Å²) >= 11 is 0. The van der Waals surface area contributed by atoms with Gasteiger partial charge in [-0.05, 0) is 24.1 Å². The molecule has 5 rings (SSSR count). The van der Waals surface area contributed by atoms with Crippen molar-refractivity contribution in [3.05, 3.63) is 72.1 Å². The van der Waals surface area contributed by atoms with Gasteiger partial charge in [0.1, 0.15) is 6.10 Å². The number of aromatic nitrogens is 2. The molecule has 2 heterocycles. The predicted octanol–water partition coefficient (Wildman–Crippen LogP) is 3.67. The summed E-state index contributed by atoms with van der Waals surface area (Å²) in [5.74, 6) is 1.83. The zero-order valence-corrected chi connectivity index (χ0v) is 14.5. The van der Waals surface area contributed by atoms with Crippen LogP contribution in [-0.4, -0.2) is 40.8 Å². The van der Waals surface area contributed by atoms with Crippen molar-refractivity contribution in [3.63, 3.8) is 0 Å². The average molecular weight is 347 g/mol. The molecule has 1 saturated carbocycles. The van der Waals surface area contributed by atoms with Gasteiger partial charge in [-0.15, -0.1) is 0 Å². The second kappa shape index (κ2) is 6.67. The molecule has 3 atom stereocenters. The first-order chi connectivity index (χ1) is 12.9. The van der Waals surface area contributed by atoms with Gasteiger partial charge in [-0.1, -0.05) is 53.7 Å². The Bertz CT molecular complexity index is 865. The molecule has 0 N–H and O–H groups in total. The summed E-state index contributed by atoms with van der Waals surface area (Å²) < 4.78 is 11.4. The smallest absolute Gasteiger partial charge is 0.258 e. The van der Waals surface area contributed by atoms with Crippen molar-refractivity contribution in [1.29, 1.82) is 0 Å². The van der Waals surface area contributed by atoms with Crippen LogP contribution in [-0.2, 0) is 4.74 Å². The highest BCUT2D eigenvalue weighted by Gasteiger charge is 2.44. The van der Waals surface area contributed by atoms with Gasteiger partial charge in [0.15, 0.2) is 0 Å². The van der Waals surface area contributed by atoms with Gasteiger partial charge < -0.3 is 9.26 Å². The van der Waals surface area contributed by atoms with E-state index in [1.807, 2.05) is 30.3 Å². The number of morpholine rings is 1. The summed E-state index contributed by atoms with van der Waals surface area (Å²) in [4.78, 5) is 7.08. The SMILES string of the molecule is c1ccc(-c2nc(C3CN([C@H]4C[C@H]4c4ccccc4)CCO3)no2)cc1. The van der Waals surface area contributed by atoms with Crippen molar-refractivity contribution in [2.24, 2.45) is 0 Å². The minimum atomic E-state index is -0.123. The van der Waals surface area contributed by atoms with Crippen LogP contribution in [0.1, 0.15) is 29.8 Å². The second-order valence-corrected chi connectivity index (χ2v) is 7.00. The van der Waals surface area contributed by atoms with Gasteiger partial charge in [0, 0.05) is 30.6 Å². The van der Waals surface area contributed by atoms with Crippen LogP contribution < -0.4 is 0 Å². The van der Waals surface area contributed by atoms with E-state index in [0.29, 0.717) is 30.3 Å². The molecule has 0 spiro atoms. The number of nitrogens with zero attached hydrogens (tertiary/aromatic N) is 3. The summed E-state index contributed by atoms with van der Waals surface area (Å²) in [7, 11) is 0. The number of hydrogen-bond donors (Lipinski definition) is 0. The van der Waals surface area contributed by atoms with Crippen LogP contribution in [0.5, 0.6) is 0 Å². The van der Waals surface area contributed by atoms with E-state index in [1.54, 1.807) is 0 Å². The fraction of sp³-hybridized carbons (Fsp3) is 0.333. The fourth-order valence-electron chi connectivity index (χ4n) is 3.83. The topological polar surface area (TPSA) is 51.4 Å². The lowest BCUT2D eigenvalue weighted by Crippen LogP contribution is -2.40. The minimum Gasteiger partial charge on any atom is -0.367 e. The molecule has 5 heteroatoms. The van der Waals surface area contributed by atoms with Crippen molar-refractivity contribution in [3.8, 4) is 11.5 Å². The molecule has 2 aliphatic rings. The van der Waals surface area contributed by atoms with E-state index < -0.39 is 0 Å². The lowest BCUT2D eigenvalue weighted by Gasteiger charge is -2.31. The highest BCUT2D eigenvalue weighted by Crippen LogP contribution is 2.45. The van der Waals surface area contributed by atoms with Crippen molar-refractivity contribution in [2.45, 2.75) is 24.5 Å². The van der Waals surface area contributed by atoms with Crippen LogP contribution in [0.3, 0.4) is 0 Å². The average Bonchev–Trinajstić information content (AvgIpc) is 3.37. The minimum absolute atomic E-state index is 0.123. The fourth-order valence-corrected chi connectivity index (χ4v) is 3.83. The molecule has 0 bridgehead atoms. The Morgan fingerprint density at radius 1 is 0.962 bits per heavy atom. The molecule has 1 aromatic heterocycles. The molecule has 26 heavy (non-hydrogen) atoms. The highest BCUT2D eigenvalue weighted by molar-refractivity contribution is 5.52. The van der Waals surface area contributed by atoms with E-state index in [4.69, 9.17) is 9.26 Å². The third-order valence-corrected chi connectivity index (χ3v) is 5.30. The van der Waals surface area contributed by atoms with Crippen LogP contribution in [0.4, 0.5) is 0 Å². The Kier molecular flexibility index (Phi) is 4.03. The third-order valence-electron chi connectivity index (χ3n) is 5.30. The van der Waals surface area contributed by atoms with Crippen LogP contribution in [0.15, 0.2) is 65.2 Å². The Morgan fingerprint density at radius 2 is 1.73 bits per heavy atom. The molecule has 0 amide bonds. The Labute approximate surface area is 152 Å². The molecule has 0 radical (unpaired) electrons. The summed E-state index contributed by atoms with van der Waals surface area (Å²) in [5, 5.41) is 4.17. The van der Waals surface area contributed by atoms with Gasteiger partial charge in [0.25, 0.3) is 5.89 Å². The van der Waals surface area contributed by atoms with Crippen molar-refractivity contribution in [1.82, 2.24) is 15.0 Å². The van der Waals surface area contributed by atoms with Crippen molar-refractivity contribution < 1.29 is 9.26 Å². The quantitative estimate of drug-likeness (QED) is 0.721. The molecule has 5 nitrogen and oxygen atoms in total. The Hall–Kier alpha value is -2.50. The zero-order valence-electron chi connectivity index (χ0n) is 14.5. The van der Waals surface area contributed by atoms with E-state index in [1.165, 1.54) is 12.0 Å². The number of rotatable bonds is 4. The third kappa shape index (κ3) is 3.04. The molecule has 132 valence electrons. The normalized spacial score (nSPS) is 25.9. The molecular formula is C21H21N3O2. The predicted molar refractivity (Wildman–Crippen MR) is 97.6 cm³/mol. The van der Waals surface area contributed by atoms with Gasteiger partial charge in [-0.25, -0.2) is 0 Å². The zero-order chi connectivity index (χ0) is 17.3. The molecule has 2 fully saturated rings.